The van der Waals surface area contributed by atoms with Gasteiger partial charge in [-0.1, -0.05) is 0 Å². The maximum Gasteiger partial charge on any atom is 0.262 e. The largest absolute Gasteiger partial charge is 0.482 e. The van der Waals surface area contributed by atoms with Gasteiger partial charge in [-0.15, -0.1) is 0 Å². The van der Waals surface area contributed by atoms with E-state index in [1.165, 1.54) is 6.07 Å². The molecule has 1 aromatic rings. The fraction of sp³-hybridized carbons (Fsp3) is 0.562. The molecular formula is C16H21N3O4S. The van der Waals surface area contributed by atoms with Gasteiger partial charge in [0.1, 0.15) is 5.75 Å². The number of carbonyl (C=O) groups is 1. The lowest BCUT2D eigenvalue weighted by atomic mass is 9.96. The average Bonchev–Trinajstić information content (AvgIpc) is 2.86. The van der Waals surface area contributed by atoms with Gasteiger partial charge in [-0.2, -0.15) is 4.31 Å². The molecule has 3 saturated heterocycles. The molecule has 5 rings (SSSR count). The molecule has 0 spiro atoms. The molecule has 0 radical (unpaired) electrons. The van der Waals surface area contributed by atoms with Crippen molar-refractivity contribution in [2.45, 2.75) is 23.8 Å². The lowest BCUT2D eigenvalue weighted by Gasteiger charge is -2.32. The fourth-order valence-corrected chi connectivity index (χ4v) is 5.42. The summed E-state index contributed by atoms with van der Waals surface area (Å²) in [5.74, 6) is 0.611. The standard InChI is InChI=1S/C16H21N3O4S/c1-18-7-11-2-3-12(18)9-19(8-11)24(21,22)13-4-5-15-14(6-13)17-16(20)10-23-15/h4-6,11-12H,2-3,7-10H2,1H3,(H,17,20)/t11-,12-/m0/s1. The third-order valence-electron chi connectivity index (χ3n) is 5.18. The number of anilines is 1. The number of nitrogens with one attached hydrogen (secondary N) is 1. The minimum absolute atomic E-state index is 0.0408. The van der Waals surface area contributed by atoms with Gasteiger partial charge in [0.05, 0.1) is 10.6 Å². The highest BCUT2D eigenvalue weighted by Gasteiger charge is 2.38. The Balaban J connectivity index is 1.65. The molecule has 0 unspecified atom stereocenters. The van der Waals surface area contributed by atoms with Crippen molar-refractivity contribution in [3.63, 3.8) is 0 Å². The first-order valence-corrected chi connectivity index (χ1v) is 9.64. The van der Waals surface area contributed by atoms with E-state index in [9.17, 15) is 13.2 Å². The summed E-state index contributed by atoms with van der Waals surface area (Å²) in [6.07, 6.45) is 2.12. The van der Waals surface area contributed by atoms with Crippen LogP contribution in [-0.2, 0) is 14.8 Å². The number of sulfonamides is 1. The van der Waals surface area contributed by atoms with Crippen LogP contribution < -0.4 is 10.1 Å². The Morgan fingerprint density at radius 2 is 2.04 bits per heavy atom. The normalized spacial score (nSPS) is 28.0. The second-order valence-corrected chi connectivity index (χ2v) is 8.79. The number of piperidine rings is 1. The summed E-state index contributed by atoms with van der Waals surface area (Å²) in [5.41, 5.74) is 0.419. The highest BCUT2D eigenvalue weighted by Crippen LogP contribution is 2.34. The number of amides is 1. The number of carbonyl (C=O) groups excluding carboxylic acids is 1. The first-order chi connectivity index (χ1) is 11.4. The second-order valence-electron chi connectivity index (χ2n) is 6.85. The van der Waals surface area contributed by atoms with Gasteiger partial charge in [-0.25, -0.2) is 8.42 Å². The molecule has 1 N–H and O–H groups in total. The Morgan fingerprint density at radius 3 is 2.83 bits per heavy atom. The first-order valence-electron chi connectivity index (χ1n) is 8.20. The maximum absolute atomic E-state index is 13.1. The van der Waals surface area contributed by atoms with Crippen LogP contribution in [0.25, 0.3) is 0 Å². The summed E-state index contributed by atoms with van der Waals surface area (Å²) in [5, 5.41) is 2.67. The van der Waals surface area contributed by atoms with Crippen LogP contribution in [0.5, 0.6) is 5.75 Å². The van der Waals surface area contributed by atoms with Crippen molar-refractivity contribution in [2.75, 3.05) is 38.6 Å². The van der Waals surface area contributed by atoms with Crippen LogP contribution in [0, 0.1) is 5.92 Å². The minimum Gasteiger partial charge on any atom is -0.482 e. The van der Waals surface area contributed by atoms with Crippen LogP contribution in [0.2, 0.25) is 0 Å². The molecule has 24 heavy (non-hydrogen) atoms. The summed E-state index contributed by atoms with van der Waals surface area (Å²) in [4.78, 5) is 13.9. The van der Waals surface area contributed by atoms with Gasteiger partial charge in [-0.05, 0) is 44.0 Å². The summed E-state index contributed by atoms with van der Waals surface area (Å²) in [6.45, 7) is 1.99. The summed E-state index contributed by atoms with van der Waals surface area (Å²) >= 11 is 0. The maximum atomic E-state index is 13.1. The first kappa shape index (κ1) is 15.9. The van der Waals surface area contributed by atoms with E-state index in [0.717, 1.165) is 19.4 Å². The number of ether oxygens (including phenoxy) is 1. The highest BCUT2D eigenvalue weighted by molar-refractivity contribution is 7.89. The molecule has 0 aliphatic carbocycles. The molecule has 0 saturated carbocycles. The highest BCUT2D eigenvalue weighted by atomic mass is 32.2. The Morgan fingerprint density at radius 1 is 1.21 bits per heavy atom. The third kappa shape index (κ3) is 2.68. The van der Waals surface area contributed by atoms with Crippen LogP contribution in [0.15, 0.2) is 23.1 Å². The molecule has 1 aromatic carbocycles. The van der Waals surface area contributed by atoms with Crippen molar-refractivity contribution in [3.05, 3.63) is 18.2 Å². The molecular weight excluding hydrogens is 330 g/mol. The molecule has 4 aliphatic rings. The van der Waals surface area contributed by atoms with Gasteiger partial charge < -0.3 is 15.0 Å². The number of likely N-dealkylation sites (N-methyl/N-ethyl adjacent to an activating group) is 1. The molecule has 8 heteroatoms. The van der Waals surface area contributed by atoms with E-state index in [-0.39, 0.29) is 23.5 Å². The Bertz CT molecular complexity index is 780. The van der Waals surface area contributed by atoms with Gasteiger partial charge in [0.2, 0.25) is 10.0 Å². The van der Waals surface area contributed by atoms with Crippen molar-refractivity contribution in [3.8, 4) is 5.75 Å². The van der Waals surface area contributed by atoms with Crippen molar-refractivity contribution >= 4 is 21.6 Å². The fourth-order valence-electron chi connectivity index (χ4n) is 3.84. The van der Waals surface area contributed by atoms with E-state index >= 15 is 0 Å². The lowest BCUT2D eigenvalue weighted by Crippen LogP contribution is -2.41. The number of benzene rings is 1. The van der Waals surface area contributed by atoms with E-state index in [2.05, 4.69) is 17.3 Å². The number of hydrogen-bond acceptors (Lipinski definition) is 5. The molecule has 7 nitrogen and oxygen atoms in total. The molecule has 1 amide bonds. The van der Waals surface area contributed by atoms with E-state index in [4.69, 9.17) is 4.74 Å². The molecule has 130 valence electrons. The number of nitrogens with zero attached hydrogens (tertiary/aromatic N) is 2. The summed E-state index contributed by atoms with van der Waals surface area (Å²) in [6, 6.07) is 4.94. The number of rotatable bonds is 2. The van der Waals surface area contributed by atoms with E-state index in [1.54, 1.807) is 16.4 Å². The smallest absolute Gasteiger partial charge is 0.262 e. The van der Waals surface area contributed by atoms with Gasteiger partial charge >= 0.3 is 0 Å². The predicted molar refractivity (Wildman–Crippen MR) is 88.5 cm³/mol. The van der Waals surface area contributed by atoms with Gasteiger partial charge in [0.25, 0.3) is 5.91 Å². The summed E-state index contributed by atoms with van der Waals surface area (Å²) < 4.78 is 33.1. The van der Waals surface area contributed by atoms with Crippen LogP contribution in [-0.4, -0.2) is 62.9 Å². The third-order valence-corrected chi connectivity index (χ3v) is 7.00. The Hall–Kier alpha value is -1.64. The zero-order chi connectivity index (χ0) is 16.9. The van der Waals surface area contributed by atoms with Crippen molar-refractivity contribution in [1.29, 1.82) is 0 Å². The van der Waals surface area contributed by atoms with Crippen LogP contribution in [0.4, 0.5) is 5.69 Å². The monoisotopic (exact) mass is 351 g/mol. The van der Waals surface area contributed by atoms with Crippen molar-refractivity contribution in [2.24, 2.45) is 5.92 Å². The predicted octanol–water partition coefficient (Wildman–Crippen LogP) is 0.732. The topological polar surface area (TPSA) is 79.0 Å². The van der Waals surface area contributed by atoms with Gasteiger partial charge in [-0.3, -0.25) is 4.79 Å². The van der Waals surface area contributed by atoms with E-state index in [1.807, 2.05) is 0 Å². The van der Waals surface area contributed by atoms with Gasteiger partial charge in [0, 0.05) is 25.7 Å². The second kappa shape index (κ2) is 5.72. The SMILES string of the molecule is CN1C[C@@H]2CC[C@H]1CN(S(=O)(=O)c1ccc3c(c1)NC(=O)CO3)C2. The van der Waals surface area contributed by atoms with Gasteiger partial charge in [0.15, 0.2) is 6.61 Å². The number of fused-ring (bicyclic) bond motifs is 5. The van der Waals surface area contributed by atoms with Crippen molar-refractivity contribution in [1.82, 2.24) is 9.21 Å². The summed E-state index contributed by atoms with van der Waals surface area (Å²) in [7, 11) is -1.52. The van der Waals surface area contributed by atoms with E-state index < -0.39 is 10.0 Å². The Kier molecular flexibility index (Phi) is 3.78. The Labute approximate surface area is 141 Å². The average molecular weight is 351 g/mol. The zero-order valence-corrected chi connectivity index (χ0v) is 14.4. The quantitative estimate of drug-likeness (QED) is 0.850. The van der Waals surface area contributed by atoms with Crippen LogP contribution in [0.3, 0.4) is 0 Å². The van der Waals surface area contributed by atoms with Crippen LogP contribution >= 0.6 is 0 Å². The number of hydrogen-bond donors (Lipinski definition) is 1. The van der Waals surface area contributed by atoms with E-state index in [0.29, 0.717) is 30.4 Å². The molecule has 2 atom stereocenters. The zero-order valence-electron chi connectivity index (χ0n) is 13.6. The lowest BCUT2D eigenvalue weighted by molar-refractivity contribution is -0.118. The van der Waals surface area contributed by atoms with Crippen molar-refractivity contribution < 1.29 is 17.9 Å². The molecule has 2 bridgehead atoms. The molecule has 3 fully saturated rings. The minimum atomic E-state index is -3.59. The molecule has 4 aliphatic heterocycles. The molecule has 0 aromatic heterocycles. The van der Waals surface area contributed by atoms with Crippen LogP contribution in [0.1, 0.15) is 12.8 Å². The molecule has 4 heterocycles.